The smallest absolute Gasteiger partial charge is 0.281 e. The summed E-state index contributed by atoms with van der Waals surface area (Å²) in [6, 6.07) is 6.13. The van der Waals surface area contributed by atoms with Crippen molar-refractivity contribution < 1.29 is 9.18 Å². The number of fused-ring (bicyclic) bond motifs is 1. The molecule has 2 aliphatic rings. The van der Waals surface area contributed by atoms with E-state index in [4.69, 9.17) is 4.98 Å². The number of aromatic nitrogens is 5. The highest BCUT2D eigenvalue weighted by Gasteiger charge is 2.28. The summed E-state index contributed by atoms with van der Waals surface area (Å²) in [4.78, 5) is 35.0. The van der Waals surface area contributed by atoms with E-state index in [2.05, 4.69) is 15.3 Å². The Balaban J connectivity index is 1.32. The van der Waals surface area contributed by atoms with Crippen LogP contribution >= 0.6 is 0 Å². The SMILES string of the molecule is O=C(CCC1CCCC1)N1CCC[C@H](c2nc3c(nnn3Cc3ccc(F)cc3)c(=O)[nH]2)C1. The Morgan fingerprint density at radius 2 is 1.91 bits per heavy atom. The van der Waals surface area contributed by atoms with Gasteiger partial charge >= 0.3 is 0 Å². The van der Waals surface area contributed by atoms with Crippen molar-refractivity contribution in [2.24, 2.45) is 5.92 Å². The van der Waals surface area contributed by atoms with Crippen molar-refractivity contribution in [3.8, 4) is 0 Å². The molecule has 0 bridgehead atoms. The summed E-state index contributed by atoms with van der Waals surface area (Å²) < 4.78 is 14.8. The summed E-state index contributed by atoms with van der Waals surface area (Å²) >= 11 is 0. The first kappa shape index (κ1) is 21.7. The molecule has 1 aliphatic heterocycles. The first-order chi connectivity index (χ1) is 16.1. The standard InChI is InChI=1S/C24H29FN6O2/c25-19-10-7-17(8-11-19)14-31-23-21(28-29-31)24(33)27-22(26-23)18-6-3-13-30(15-18)20(32)12-9-16-4-1-2-5-16/h7-8,10-11,16,18H,1-6,9,12-15H2,(H,26,27,33)/t18-/m0/s1. The van der Waals surface area contributed by atoms with Gasteiger partial charge in [0, 0.05) is 25.4 Å². The molecule has 1 aromatic carbocycles. The van der Waals surface area contributed by atoms with Crippen molar-refractivity contribution in [1.82, 2.24) is 29.9 Å². The van der Waals surface area contributed by atoms with Crippen LogP contribution in [0.5, 0.6) is 0 Å². The number of carbonyl (C=O) groups is 1. The van der Waals surface area contributed by atoms with Gasteiger partial charge in [-0.2, -0.15) is 0 Å². The largest absolute Gasteiger partial charge is 0.342 e. The minimum absolute atomic E-state index is 0.0274. The molecule has 3 aromatic rings. The number of hydrogen-bond donors (Lipinski definition) is 1. The van der Waals surface area contributed by atoms with Gasteiger partial charge in [0.05, 0.1) is 6.54 Å². The Kier molecular flexibility index (Phi) is 6.20. The van der Waals surface area contributed by atoms with Crippen LogP contribution in [0.1, 0.15) is 68.7 Å². The maximum absolute atomic E-state index is 13.2. The maximum Gasteiger partial charge on any atom is 0.281 e. The summed E-state index contributed by atoms with van der Waals surface area (Å²) in [5.41, 5.74) is 1.09. The van der Waals surface area contributed by atoms with E-state index in [0.29, 0.717) is 36.9 Å². The third-order valence-electron chi connectivity index (χ3n) is 7.04. The maximum atomic E-state index is 13.2. The Labute approximate surface area is 191 Å². The van der Waals surface area contributed by atoms with E-state index >= 15 is 0 Å². The van der Waals surface area contributed by atoms with Crippen molar-refractivity contribution in [2.75, 3.05) is 13.1 Å². The highest BCUT2D eigenvalue weighted by atomic mass is 19.1. The highest BCUT2D eigenvalue weighted by Crippen LogP contribution is 2.30. The van der Waals surface area contributed by atoms with Gasteiger partial charge in [-0.1, -0.05) is 43.0 Å². The second kappa shape index (κ2) is 9.41. The fourth-order valence-electron chi connectivity index (χ4n) is 5.16. The van der Waals surface area contributed by atoms with Crippen molar-refractivity contribution in [3.05, 3.63) is 51.8 Å². The minimum atomic E-state index is -0.329. The lowest BCUT2D eigenvalue weighted by Gasteiger charge is -2.32. The molecule has 1 aliphatic carbocycles. The van der Waals surface area contributed by atoms with E-state index in [1.807, 2.05) is 4.90 Å². The molecule has 1 N–H and O–H groups in total. The summed E-state index contributed by atoms with van der Waals surface area (Å²) in [5.74, 6) is 1.14. The van der Waals surface area contributed by atoms with Gasteiger partial charge in [0.15, 0.2) is 11.2 Å². The molecule has 2 fully saturated rings. The van der Waals surface area contributed by atoms with E-state index in [-0.39, 0.29) is 28.7 Å². The van der Waals surface area contributed by atoms with Gasteiger partial charge in [-0.3, -0.25) is 9.59 Å². The zero-order valence-corrected chi connectivity index (χ0v) is 18.7. The molecule has 9 heteroatoms. The van der Waals surface area contributed by atoms with Crippen LogP contribution in [-0.2, 0) is 11.3 Å². The van der Waals surface area contributed by atoms with Crippen molar-refractivity contribution in [1.29, 1.82) is 0 Å². The lowest BCUT2D eigenvalue weighted by Crippen LogP contribution is -2.40. The molecular weight excluding hydrogens is 423 g/mol. The number of amides is 1. The Bertz CT molecular complexity index is 1180. The number of likely N-dealkylation sites (tertiary alicyclic amines) is 1. The third kappa shape index (κ3) is 4.82. The van der Waals surface area contributed by atoms with Gasteiger partial charge < -0.3 is 9.88 Å². The van der Waals surface area contributed by atoms with Crippen LogP contribution in [0, 0.1) is 11.7 Å². The highest BCUT2D eigenvalue weighted by molar-refractivity contribution is 5.76. The molecule has 3 heterocycles. The summed E-state index contributed by atoms with van der Waals surface area (Å²) in [7, 11) is 0. The number of hydrogen-bond acceptors (Lipinski definition) is 5. The van der Waals surface area contributed by atoms with Gasteiger partial charge in [0.1, 0.15) is 11.6 Å². The van der Waals surface area contributed by atoms with Gasteiger partial charge in [0.2, 0.25) is 5.91 Å². The van der Waals surface area contributed by atoms with Crippen LogP contribution in [0.2, 0.25) is 0 Å². The topological polar surface area (TPSA) is 96.8 Å². The second-order valence-corrected chi connectivity index (χ2v) is 9.37. The van der Waals surface area contributed by atoms with Gasteiger partial charge in [-0.15, -0.1) is 5.10 Å². The molecule has 1 saturated heterocycles. The van der Waals surface area contributed by atoms with Crippen LogP contribution in [0.15, 0.2) is 29.1 Å². The molecule has 33 heavy (non-hydrogen) atoms. The average molecular weight is 453 g/mol. The molecule has 2 aromatic heterocycles. The molecule has 0 unspecified atom stereocenters. The molecule has 174 valence electrons. The van der Waals surface area contributed by atoms with Crippen molar-refractivity contribution in [3.63, 3.8) is 0 Å². The van der Waals surface area contributed by atoms with Crippen molar-refractivity contribution >= 4 is 17.1 Å². The van der Waals surface area contributed by atoms with Gasteiger partial charge in [-0.05, 0) is 42.9 Å². The fraction of sp³-hybridized carbons (Fsp3) is 0.542. The third-order valence-corrected chi connectivity index (χ3v) is 7.04. The number of piperidine rings is 1. The van der Waals surface area contributed by atoms with E-state index in [0.717, 1.165) is 31.4 Å². The second-order valence-electron chi connectivity index (χ2n) is 9.37. The molecular formula is C24H29FN6O2. The average Bonchev–Trinajstić information content (AvgIpc) is 3.50. The molecule has 1 amide bonds. The van der Waals surface area contributed by atoms with E-state index in [9.17, 15) is 14.0 Å². The first-order valence-electron chi connectivity index (χ1n) is 11.9. The lowest BCUT2D eigenvalue weighted by molar-refractivity contribution is -0.132. The molecule has 8 nitrogen and oxygen atoms in total. The number of aromatic amines is 1. The van der Waals surface area contributed by atoms with Crippen LogP contribution in [0.25, 0.3) is 11.2 Å². The van der Waals surface area contributed by atoms with E-state index < -0.39 is 0 Å². The number of rotatable bonds is 6. The quantitative estimate of drug-likeness (QED) is 0.619. The zero-order chi connectivity index (χ0) is 22.8. The summed E-state index contributed by atoms with van der Waals surface area (Å²) in [5, 5.41) is 8.08. The minimum Gasteiger partial charge on any atom is -0.342 e. The zero-order valence-electron chi connectivity index (χ0n) is 18.7. The van der Waals surface area contributed by atoms with Gasteiger partial charge in [-0.25, -0.2) is 14.1 Å². The fourth-order valence-corrected chi connectivity index (χ4v) is 5.16. The van der Waals surface area contributed by atoms with Gasteiger partial charge in [0.25, 0.3) is 5.56 Å². The van der Waals surface area contributed by atoms with Crippen molar-refractivity contribution in [2.45, 2.75) is 63.8 Å². The Hall–Kier alpha value is -3.10. The van der Waals surface area contributed by atoms with E-state index in [1.165, 1.54) is 37.8 Å². The Morgan fingerprint density at radius 1 is 1.12 bits per heavy atom. The van der Waals surface area contributed by atoms with Crippen LogP contribution in [0.3, 0.4) is 0 Å². The first-order valence-corrected chi connectivity index (χ1v) is 11.9. The molecule has 5 rings (SSSR count). The number of halogens is 1. The predicted octanol–water partition coefficient (Wildman–Crippen LogP) is 3.38. The lowest BCUT2D eigenvalue weighted by atomic mass is 9.96. The number of nitrogens with one attached hydrogen (secondary N) is 1. The molecule has 0 radical (unpaired) electrons. The molecule has 1 saturated carbocycles. The summed E-state index contributed by atoms with van der Waals surface area (Å²) in [6.45, 7) is 1.66. The number of carbonyl (C=O) groups excluding carboxylic acids is 1. The Morgan fingerprint density at radius 3 is 2.70 bits per heavy atom. The van der Waals surface area contributed by atoms with Crippen LogP contribution in [0.4, 0.5) is 4.39 Å². The predicted molar refractivity (Wildman–Crippen MR) is 121 cm³/mol. The summed E-state index contributed by atoms with van der Waals surface area (Å²) in [6.07, 6.45) is 8.41. The normalized spacial score (nSPS) is 19.4. The molecule has 1 atom stereocenters. The molecule has 0 spiro atoms. The number of H-pyrrole nitrogens is 1. The van der Waals surface area contributed by atoms with Crippen LogP contribution in [-0.4, -0.2) is 48.9 Å². The van der Waals surface area contributed by atoms with E-state index in [1.54, 1.807) is 16.8 Å². The van der Waals surface area contributed by atoms with Crippen LogP contribution < -0.4 is 5.56 Å². The monoisotopic (exact) mass is 452 g/mol. The number of benzene rings is 1. The number of nitrogens with zero attached hydrogens (tertiary/aromatic N) is 5.